The third-order valence-corrected chi connectivity index (χ3v) is 3.79. The van der Waals surface area contributed by atoms with E-state index in [4.69, 9.17) is 5.11 Å². The van der Waals surface area contributed by atoms with Crippen LogP contribution in [0.2, 0.25) is 0 Å². The van der Waals surface area contributed by atoms with E-state index < -0.39 is 6.09 Å². The lowest BCUT2D eigenvalue weighted by Gasteiger charge is -2.17. The van der Waals surface area contributed by atoms with Crippen LogP contribution in [0.1, 0.15) is 12.0 Å². The van der Waals surface area contributed by atoms with Gasteiger partial charge in [0, 0.05) is 36.4 Å². The lowest BCUT2D eigenvalue weighted by molar-refractivity contribution is 0.155. The van der Waals surface area contributed by atoms with E-state index in [1.807, 2.05) is 31.2 Å². The fourth-order valence-electron chi connectivity index (χ4n) is 2.71. The highest BCUT2D eigenvalue weighted by Crippen LogP contribution is 2.26. The maximum atomic E-state index is 10.9. The number of carboxylic acid groups (broad SMARTS) is 1. The molecule has 1 fully saturated rings. The minimum Gasteiger partial charge on any atom is -0.465 e. The van der Waals surface area contributed by atoms with Gasteiger partial charge in [-0.05, 0) is 37.1 Å². The Balaban J connectivity index is 1.85. The molecular formula is C15H17N3O2. The summed E-state index contributed by atoms with van der Waals surface area (Å²) in [6, 6.07) is 8.22. The third-order valence-electron chi connectivity index (χ3n) is 3.79. The summed E-state index contributed by atoms with van der Waals surface area (Å²) in [6.07, 6.45) is 1.78. The Morgan fingerprint density at radius 3 is 3.05 bits per heavy atom. The van der Waals surface area contributed by atoms with E-state index in [1.54, 1.807) is 6.20 Å². The van der Waals surface area contributed by atoms with Gasteiger partial charge in [-0.3, -0.25) is 4.98 Å². The SMILES string of the molecule is Cc1ccc(N[C@@H]2CCN(C(=O)O)C2)c2cccnc12. The zero-order chi connectivity index (χ0) is 14.1. The molecule has 1 atom stereocenters. The van der Waals surface area contributed by atoms with E-state index in [0.29, 0.717) is 13.1 Å². The second kappa shape index (κ2) is 5.00. The van der Waals surface area contributed by atoms with Crippen LogP contribution in [0, 0.1) is 6.92 Å². The van der Waals surface area contributed by atoms with Crippen LogP contribution in [0.5, 0.6) is 0 Å². The number of pyridine rings is 1. The van der Waals surface area contributed by atoms with Crippen LogP contribution >= 0.6 is 0 Å². The van der Waals surface area contributed by atoms with Gasteiger partial charge in [-0.15, -0.1) is 0 Å². The number of aromatic nitrogens is 1. The van der Waals surface area contributed by atoms with Crippen molar-refractivity contribution in [3.05, 3.63) is 36.0 Å². The molecule has 2 N–H and O–H groups in total. The molecule has 0 spiro atoms. The molecule has 0 radical (unpaired) electrons. The molecule has 5 nitrogen and oxygen atoms in total. The highest BCUT2D eigenvalue weighted by molar-refractivity contribution is 5.93. The summed E-state index contributed by atoms with van der Waals surface area (Å²) in [6.45, 7) is 3.17. The maximum absolute atomic E-state index is 10.9. The first-order valence-electron chi connectivity index (χ1n) is 6.74. The maximum Gasteiger partial charge on any atom is 0.407 e. The van der Waals surface area contributed by atoms with Crippen LogP contribution in [0.3, 0.4) is 0 Å². The summed E-state index contributed by atoms with van der Waals surface area (Å²) in [5.74, 6) is 0. The molecule has 1 aliphatic rings. The first-order valence-corrected chi connectivity index (χ1v) is 6.74. The van der Waals surface area contributed by atoms with Gasteiger partial charge in [-0.2, -0.15) is 0 Å². The number of fused-ring (bicyclic) bond motifs is 1. The van der Waals surface area contributed by atoms with E-state index in [9.17, 15) is 4.79 Å². The Hall–Kier alpha value is -2.30. The summed E-state index contributed by atoms with van der Waals surface area (Å²) in [4.78, 5) is 16.8. The standard InChI is InChI=1S/C15H17N3O2/c1-10-4-5-13(12-3-2-7-16-14(10)12)17-11-6-8-18(9-11)15(19)20/h2-5,7,11,17H,6,8-9H2,1H3,(H,19,20)/t11-/m1/s1. The van der Waals surface area contributed by atoms with Crippen LogP contribution in [0.4, 0.5) is 10.5 Å². The minimum absolute atomic E-state index is 0.164. The molecule has 1 saturated heterocycles. The highest BCUT2D eigenvalue weighted by Gasteiger charge is 2.25. The molecule has 5 heteroatoms. The first kappa shape index (κ1) is 12.7. The number of amides is 1. The van der Waals surface area contributed by atoms with Crippen molar-refractivity contribution in [2.75, 3.05) is 18.4 Å². The minimum atomic E-state index is -0.843. The molecule has 3 rings (SSSR count). The molecule has 1 aromatic carbocycles. The number of likely N-dealkylation sites (tertiary alicyclic amines) is 1. The molecule has 1 amide bonds. The second-order valence-corrected chi connectivity index (χ2v) is 5.19. The number of benzene rings is 1. The second-order valence-electron chi connectivity index (χ2n) is 5.19. The Labute approximate surface area is 117 Å². The number of nitrogens with zero attached hydrogens (tertiary/aromatic N) is 2. The van der Waals surface area contributed by atoms with Gasteiger partial charge in [-0.25, -0.2) is 4.79 Å². The molecule has 0 saturated carbocycles. The summed E-state index contributed by atoms with van der Waals surface area (Å²) in [7, 11) is 0. The van der Waals surface area contributed by atoms with Crippen LogP contribution in [-0.2, 0) is 0 Å². The molecule has 0 bridgehead atoms. The van der Waals surface area contributed by atoms with Crippen molar-refractivity contribution >= 4 is 22.7 Å². The zero-order valence-electron chi connectivity index (χ0n) is 11.3. The quantitative estimate of drug-likeness (QED) is 0.881. The topological polar surface area (TPSA) is 65.5 Å². The molecular weight excluding hydrogens is 254 g/mol. The fourth-order valence-corrected chi connectivity index (χ4v) is 2.71. The van der Waals surface area contributed by atoms with Crippen molar-refractivity contribution in [3.8, 4) is 0 Å². The number of rotatable bonds is 2. The average Bonchev–Trinajstić information content (AvgIpc) is 2.91. The molecule has 0 aliphatic carbocycles. The predicted molar refractivity (Wildman–Crippen MR) is 78.1 cm³/mol. The van der Waals surface area contributed by atoms with Gasteiger partial charge < -0.3 is 15.3 Å². The van der Waals surface area contributed by atoms with Crippen LogP contribution in [-0.4, -0.2) is 40.2 Å². The van der Waals surface area contributed by atoms with E-state index in [-0.39, 0.29) is 6.04 Å². The van der Waals surface area contributed by atoms with Crippen LogP contribution in [0.15, 0.2) is 30.5 Å². The predicted octanol–water partition coefficient (Wildman–Crippen LogP) is 2.71. The number of carbonyl (C=O) groups is 1. The number of hydrogen-bond acceptors (Lipinski definition) is 3. The van der Waals surface area contributed by atoms with Crippen LogP contribution < -0.4 is 5.32 Å². The van der Waals surface area contributed by atoms with Gasteiger partial charge in [0.25, 0.3) is 0 Å². The lowest BCUT2D eigenvalue weighted by Crippen LogP contribution is -2.30. The van der Waals surface area contributed by atoms with Crippen molar-refractivity contribution in [2.24, 2.45) is 0 Å². The van der Waals surface area contributed by atoms with Gasteiger partial charge in [0.05, 0.1) is 5.52 Å². The number of anilines is 1. The zero-order valence-corrected chi connectivity index (χ0v) is 11.3. The van der Waals surface area contributed by atoms with E-state index in [2.05, 4.69) is 10.3 Å². The van der Waals surface area contributed by atoms with Crippen molar-refractivity contribution in [1.29, 1.82) is 0 Å². The molecule has 1 aliphatic heterocycles. The largest absolute Gasteiger partial charge is 0.465 e. The molecule has 0 unspecified atom stereocenters. The molecule has 2 heterocycles. The molecule has 104 valence electrons. The summed E-state index contributed by atoms with van der Waals surface area (Å²) >= 11 is 0. The number of aryl methyl sites for hydroxylation is 1. The summed E-state index contributed by atoms with van der Waals surface area (Å²) in [5.41, 5.74) is 3.16. The Kier molecular flexibility index (Phi) is 3.18. The van der Waals surface area contributed by atoms with Crippen molar-refractivity contribution in [3.63, 3.8) is 0 Å². The summed E-state index contributed by atoms with van der Waals surface area (Å²) < 4.78 is 0. The summed E-state index contributed by atoms with van der Waals surface area (Å²) in [5, 5.41) is 13.5. The third kappa shape index (κ3) is 2.27. The van der Waals surface area contributed by atoms with Gasteiger partial charge in [-0.1, -0.05) is 6.07 Å². The Morgan fingerprint density at radius 1 is 1.45 bits per heavy atom. The van der Waals surface area contributed by atoms with Gasteiger partial charge >= 0.3 is 6.09 Å². The first-order chi connectivity index (χ1) is 9.65. The van der Waals surface area contributed by atoms with Crippen molar-refractivity contribution in [2.45, 2.75) is 19.4 Å². The van der Waals surface area contributed by atoms with Crippen LogP contribution in [0.25, 0.3) is 10.9 Å². The van der Waals surface area contributed by atoms with Gasteiger partial charge in [0.1, 0.15) is 0 Å². The van der Waals surface area contributed by atoms with E-state index in [0.717, 1.165) is 28.6 Å². The smallest absolute Gasteiger partial charge is 0.407 e. The Bertz CT molecular complexity index is 657. The number of nitrogens with one attached hydrogen (secondary N) is 1. The normalized spacial score (nSPS) is 18.4. The van der Waals surface area contributed by atoms with E-state index >= 15 is 0 Å². The van der Waals surface area contributed by atoms with Crippen molar-refractivity contribution in [1.82, 2.24) is 9.88 Å². The lowest BCUT2D eigenvalue weighted by atomic mass is 10.1. The van der Waals surface area contributed by atoms with Gasteiger partial charge in [0.2, 0.25) is 0 Å². The van der Waals surface area contributed by atoms with E-state index in [1.165, 1.54) is 4.90 Å². The van der Waals surface area contributed by atoms with Crippen molar-refractivity contribution < 1.29 is 9.90 Å². The highest BCUT2D eigenvalue weighted by atomic mass is 16.4. The fraction of sp³-hybridized carbons (Fsp3) is 0.333. The monoisotopic (exact) mass is 271 g/mol. The van der Waals surface area contributed by atoms with Gasteiger partial charge in [0.15, 0.2) is 0 Å². The molecule has 2 aromatic rings. The molecule has 20 heavy (non-hydrogen) atoms. The number of hydrogen-bond donors (Lipinski definition) is 2. The Morgan fingerprint density at radius 2 is 2.30 bits per heavy atom. The average molecular weight is 271 g/mol. The molecule has 1 aromatic heterocycles.